The number of rotatable bonds is 2. The van der Waals surface area contributed by atoms with Crippen molar-refractivity contribution in [1.82, 2.24) is 0 Å². The van der Waals surface area contributed by atoms with Gasteiger partial charge >= 0.3 is 0 Å². The first-order valence-electron chi connectivity index (χ1n) is 6.09. The van der Waals surface area contributed by atoms with Gasteiger partial charge in [0, 0.05) is 3.95 Å². The van der Waals surface area contributed by atoms with Gasteiger partial charge in [-0.05, 0) is 30.6 Å². The molecule has 0 N–H and O–H groups in total. The molecular weight excluding hydrogens is 252 g/mol. The molecule has 2 saturated carbocycles. The van der Waals surface area contributed by atoms with Gasteiger partial charge in [0.1, 0.15) is 0 Å². The van der Waals surface area contributed by atoms with Crippen LogP contribution in [0.3, 0.4) is 0 Å². The van der Waals surface area contributed by atoms with Crippen molar-refractivity contribution in [2.45, 2.75) is 62.6 Å². The SMILES string of the molecule is CC[C@]12CCCC[C@H]1[C@@]2(Br)[Si](C)(C)C. The molecule has 0 unspecified atom stereocenters. The van der Waals surface area contributed by atoms with Crippen LogP contribution in [0.1, 0.15) is 39.0 Å². The summed E-state index contributed by atoms with van der Waals surface area (Å²) in [5.74, 6) is 1.01. The fraction of sp³-hybridized carbons (Fsp3) is 1.00. The van der Waals surface area contributed by atoms with Gasteiger partial charge in [0.15, 0.2) is 0 Å². The molecule has 0 aromatic rings. The van der Waals surface area contributed by atoms with E-state index < -0.39 is 8.07 Å². The van der Waals surface area contributed by atoms with Crippen molar-refractivity contribution in [2.75, 3.05) is 0 Å². The molecule has 0 aliphatic heterocycles. The molecule has 0 aromatic carbocycles. The van der Waals surface area contributed by atoms with E-state index in [4.69, 9.17) is 0 Å². The maximum absolute atomic E-state index is 4.18. The number of fused-ring (bicyclic) bond motifs is 1. The van der Waals surface area contributed by atoms with E-state index in [2.05, 4.69) is 42.5 Å². The van der Waals surface area contributed by atoms with E-state index in [0.29, 0.717) is 9.36 Å². The second kappa shape index (κ2) is 3.10. The minimum atomic E-state index is -1.05. The number of hydrogen-bond donors (Lipinski definition) is 0. The predicted molar refractivity (Wildman–Crippen MR) is 69.7 cm³/mol. The van der Waals surface area contributed by atoms with Gasteiger partial charge in [0.05, 0.1) is 8.07 Å². The lowest BCUT2D eigenvalue weighted by Gasteiger charge is -2.30. The molecule has 0 bridgehead atoms. The first kappa shape index (κ1) is 11.2. The summed E-state index contributed by atoms with van der Waals surface area (Å²) in [5.41, 5.74) is 0.704. The lowest BCUT2D eigenvalue weighted by Crippen LogP contribution is -2.40. The zero-order valence-electron chi connectivity index (χ0n) is 9.99. The highest BCUT2D eigenvalue weighted by atomic mass is 79.9. The van der Waals surface area contributed by atoms with Crippen LogP contribution in [0.25, 0.3) is 0 Å². The van der Waals surface area contributed by atoms with Gasteiger partial charge in [-0.15, -0.1) is 0 Å². The van der Waals surface area contributed by atoms with Crippen molar-refractivity contribution >= 4 is 24.0 Å². The third-order valence-corrected chi connectivity index (χ3v) is 12.8. The van der Waals surface area contributed by atoms with Crippen LogP contribution >= 0.6 is 15.9 Å². The van der Waals surface area contributed by atoms with Gasteiger partial charge in [0.25, 0.3) is 0 Å². The van der Waals surface area contributed by atoms with Gasteiger partial charge in [-0.25, -0.2) is 0 Å². The quantitative estimate of drug-likeness (QED) is 0.510. The van der Waals surface area contributed by atoms with E-state index in [9.17, 15) is 0 Å². The van der Waals surface area contributed by atoms with E-state index >= 15 is 0 Å². The molecule has 2 aliphatic carbocycles. The number of hydrogen-bond acceptors (Lipinski definition) is 0. The zero-order chi connectivity index (χ0) is 10.6. The topological polar surface area (TPSA) is 0 Å². The highest BCUT2D eigenvalue weighted by Crippen LogP contribution is 2.77. The van der Waals surface area contributed by atoms with Crippen LogP contribution in [0.5, 0.6) is 0 Å². The Labute approximate surface area is 98.0 Å². The van der Waals surface area contributed by atoms with Gasteiger partial charge in [0.2, 0.25) is 0 Å². The summed E-state index contributed by atoms with van der Waals surface area (Å²) >= 11 is 4.18. The lowest BCUT2D eigenvalue weighted by molar-refractivity contribution is 0.326. The fourth-order valence-electron chi connectivity index (χ4n) is 4.21. The molecule has 0 spiro atoms. The molecule has 14 heavy (non-hydrogen) atoms. The minimum absolute atomic E-state index is 0.582. The fourth-order valence-corrected chi connectivity index (χ4v) is 8.88. The van der Waals surface area contributed by atoms with Crippen molar-refractivity contribution in [3.8, 4) is 0 Å². The highest BCUT2D eigenvalue weighted by molar-refractivity contribution is 9.10. The summed E-state index contributed by atoms with van der Waals surface area (Å²) in [7, 11) is -1.05. The van der Waals surface area contributed by atoms with Gasteiger partial charge in [-0.3, -0.25) is 0 Å². The molecule has 82 valence electrons. The molecule has 0 aromatic heterocycles. The molecule has 0 amide bonds. The van der Waals surface area contributed by atoms with Gasteiger partial charge in [-0.2, -0.15) is 0 Å². The van der Waals surface area contributed by atoms with Crippen LogP contribution < -0.4 is 0 Å². The predicted octanol–water partition coefficient (Wildman–Crippen LogP) is 4.60. The molecule has 0 saturated heterocycles. The molecule has 2 fully saturated rings. The van der Waals surface area contributed by atoms with Crippen LogP contribution in [-0.2, 0) is 0 Å². The maximum Gasteiger partial charge on any atom is 0.0645 e. The van der Waals surface area contributed by atoms with Crippen LogP contribution in [0, 0.1) is 11.3 Å². The number of halogens is 1. The average molecular weight is 275 g/mol. The second-order valence-electron chi connectivity index (χ2n) is 6.27. The molecule has 0 heterocycles. The van der Waals surface area contributed by atoms with E-state index in [1.165, 1.54) is 32.1 Å². The minimum Gasteiger partial charge on any atom is -0.0879 e. The Morgan fingerprint density at radius 3 is 2.36 bits per heavy atom. The summed E-state index contributed by atoms with van der Waals surface area (Å²) in [5, 5.41) is 0. The Morgan fingerprint density at radius 1 is 1.29 bits per heavy atom. The summed E-state index contributed by atoms with van der Waals surface area (Å²) in [4.78, 5) is 0. The van der Waals surface area contributed by atoms with Crippen LogP contribution in [0.2, 0.25) is 19.6 Å². The summed E-state index contributed by atoms with van der Waals surface area (Å²) in [6.45, 7) is 10.0. The molecule has 2 rings (SSSR count). The van der Waals surface area contributed by atoms with Crippen molar-refractivity contribution in [2.24, 2.45) is 11.3 Å². The Balaban J connectivity index is 2.31. The Morgan fingerprint density at radius 2 is 1.93 bits per heavy atom. The van der Waals surface area contributed by atoms with Crippen molar-refractivity contribution in [3.63, 3.8) is 0 Å². The molecule has 0 nitrogen and oxygen atoms in total. The first-order valence-corrected chi connectivity index (χ1v) is 10.4. The Hall–Kier alpha value is 0.697. The second-order valence-corrected chi connectivity index (χ2v) is 13.5. The van der Waals surface area contributed by atoms with Gasteiger partial charge < -0.3 is 0 Å². The molecule has 2 heteroatoms. The van der Waals surface area contributed by atoms with Crippen LogP contribution in [-0.4, -0.2) is 12.0 Å². The molecular formula is C12H23BrSi. The van der Waals surface area contributed by atoms with E-state index in [1.54, 1.807) is 0 Å². The highest BCUT2D eigenvalue weighted by Gasteiger charge is 2.77. The molecule has 2 aliphatic rings. The summed E-state index contributed by atoms with van der Waals surface area (Å²) in [6, 6.07) is 0. The van der Waals surface area contributed by atoms with Crippen molar-refractivity contribution in [1.29, 1.82) is 0 Å². The summed E-state index contributed by atoms with van der Waals surface area (Å²) < 4.78 is 0.582. The lowest BCUT2D eigenvalue weighted by atomic mass is 9.86. The number of alkyl halides is 1. The van der Waals surface area contributed by atoms with Crippen LogP contribution in [0.4, 0.5) is 0 Å². The van der Waals surface area contributed by atoms with E-state index in [-0.39, 0.29) is 0 Å². The van der Waals surface area contributed by atoms with Crippen LogP contribution in [0.15, 0.2) is 0 Å². The van der Waals surface area contributed by atoms with E-state index in [1.807, 2.05) is 0 Å². The Bertz CT molecular complexity index is 245. The van der Waals surface area contributed by atoms with Crippen molar-refractivity contribution < 1.29 is 0 Å². The third-order valence-electron chi connectivity index (χ3n) is 4.88. The first-order chi connectivity index (χ1) is 6.40. The zero-order valence-corrected chi connectivity index (χ0v) is 12.6. The third kappa shape index (κ3) is 1.10. The van der Waals surface area contributed by atoms with E-state index in [0.717, 1.165) is 5.92 Å². The Kier molecular flexibility index (Phi) is 2.48. The average Bonchev–Trinajstić information content (AvgIpc) is 2.69. The molecule has 3 atom stereocenters. The smallest absolute Gasteiger partial charge is 0.0645 e. The van der Waals surface area contributed by atoms with Crippen molar-refractivity contribution in [3.05, 3.63) is 0 Å². The molecule has 0 radical (unpaired) electrons. The van der Waals surface area contributed by atoms with Gasteiger partial charge in [-0.1, -0.05) is 55.3 Å². The largest absolute Gasteiger partial charge is 0.0879 e. The summed E-state index contributed by atoms with van der Waals surface area (Å²) in [6.07, 6.45) is 7.33. The monoisotopic (exact) mass is 274 g/mol. The normalized spacial score (nSPS) is 47.4. The standard InChI is InChI=1S/C12H23BrSi/c1-5-11-9-7-6-8-10(11)12(11,13)14(2,3)4/h10H,5-9H2,1-4H3/t10-,11+,12-/m1/s1. The maximum atomic E-state index is 4.18.